The average Bonchev–Trinajstić information content (AvgIpc) is 2.79. The van der Waals surface area contributed by atoms with Crippen LogP contribution in [0.1, 0.15) is 17.0 Å². The number of hydrogen-bond donors (Lipinski definition) is 0. The van der Waals surface area contributed by atoms with Crippen molar-refractivity contribution in [3.63, 3.8) is 0 Å². The van der Waals surface area contributed by atoms with Gasteiger partial charge >= 0.3 is 15.0 Å². The first-order chi connectivity index (χ1) is 9.31. The van der Waals surface area contributed by atoms with Crippen molar-refractivity contribution in [3.05, 3.63) is 59.7 Å². The first kappa shape index (κ1) is 12.0. The van der Waals surface area contributed by atoms with Gasteiger partial charge in [-0.2, -0.15) is 0 Å². The molecule has 94 valence electrons. The van der Waals surface area contributed by atoms with E-state index < -0.39 is 15.0 Å². The molecule has 0 fully saturated rings. The monoisotopic (exact) mass is 268 g/mol. The Kier molecular flexibility index (Phi) is 3.09. The molecule has 0 spiro atoms. The quantitative estimate of drug-likeness (QED) is 0.804. The second-order valence-corrected chi connectivity index (χ2v) is 5.18. The Labute approximate surface area is 113 Å². The van der Waals surface area contributed by atoms with Gasteiger partial charge in [-0.25, -0.2) is 0 Å². The first-order valence-corrected chi connectivity index (χ1v) is 7.16. The molecule has 0 aliphatic heterocycles. The second kappa shape index (κ2) is 4.89. The van der Waals surface area contributed by atoms with Crippen molar-refractivity contribution in [1.82, 2.24) is 0 Å². The zero-order valence-corrected chi connectivity index (χ0v) is 11.4. The van der Waals surface area contributed by atoms with Crippen LogP contribution in [-0.2, 0) is 9.20 Å². The predicted molar refractivity (Wildman–Crippen MR) is 72.9 cm³/mol. The summed E-state index contributed by atoms with van der Waals surface area (Å²) in [5, 5.41) is 0. The summed E-state index contributed by atoms with van der Waals surface area (Å²) in [7, 11) is -1.51. The molecule has 0 heterocycles. The zero-order valence-electron chi connectivity index (χ0n) is 10.2. The van der Waals surface area contributed by atoms with Gasteiger partial charge in [0, 0.05) is 5.92 Å². The highest BCUT2D eigenvalue weighted by Gasteiger charge is 2.28. The molecule has 0 radical (unpaired) electrons. The van der Waals surface area contributed by atoms with Gasteiger partial charge in [0.15, 0.2) is 0 Å². The van der Waals surface area contributed by atoms with Crippen LogP contribution in [0.4, 0.5) is 4.79 Å². The van der Waals surface area contributed by atoms with E-state index in [2.05, 4.69) is 24.3 Å². The van der Waals surface area contributed by atoms with E-state index in [-0.39, 0.29) is 12.5 Å². The minimum absolute atomic E-state index is 0.0438. The van der Waals surface area contributed by atoms with Gasteiger partial charge in [-0.15, -0.1) is 0 Å². The van der Waals surface area contributed by atoms with E-state index in [1.54, 1.807) is 0 Å². The summed E-state index contributed by atoms with van der Waals surface area (Å²) in [4.78, 5) is 11.1. The first-order valence-electron chi connectivity index (χ1n) is 6.11. The molecule has 0 bridgehead atoms. The summed E-state index contributed by atoms with van der Waals surface area (Å²) in [6.07, 6.45) is 0. The smallest absolute Gasteiger partial charge is 0.389 e. The van der Waals surface area contributed by atoms with Crippen LogP contribution in [0.2, 0.25) is 0 Å². The van der Waals surface area contributed by atoms with Crippen LogP contribution in [0.5, 0.6) is 0 Å². The van der Waals surface area contributed by atoms with Crippen LogP contribution in [0, 0.1) is 0 Å². The lowest BCUT2D eigenvalue weighted by molar-refractivity contribution is 0.168. The van der Waals surface area contributed by atoms with Gasteiger partial charge in [0.2, 0.25) is 0 Å². The third kappa shape index (κ3) is 2.04. The van der Waals surface area contributed by atoms with Gasteiger partial charge in [0.1, 0.15) is 6.61 Å². The number of rotatable bonds is 3. The molecule has 0 N–H and O–H groups in total. The molecular weight excluding hydrogens is 256 g/mol. The molecule has 0 atom stereocenters. The van der Waals surface area contributed by atoms with Crippen LogP contribution in [0.3, 0.4) is 0 Å². The Hall–Kier alpha value is -2.07. The van der Waals surface area contributed by atoms with Crippen molar-refractivity contribution in [2.45, 2.75) is 5.92 Å². The van der Waals surface area contributed by atoms with E-state index in [9.17, 15) is 9.26 Å². The molecule has 0 aromatic heterocycles. The Bertz CT molecular complexity index is 606. The Morgan fingerprint density at radius 1 is 1.00 bits per heavy atom. The van der Waals surface area contributed by atoms with Crippen molar-refractivity contribution in [1.29, 1.82) is 0 Å². The maximum Gasteiger partial charge on any atom is 0.389 e. The lowest BCUT2D eigenvalue weighted by Gasteiger charge is -2.12. The fourth-order valence-corrected chi connectivity index (χ4v) is 2.80. The van der Waals surface area contributed by atoms with E-state index in [1.165, 1.54) is 11.1 Å². The third-order valence-electron chi connectivity index (χ3n) is 3.45. The van der Waals surface area contributed by atoms with Gasteiger partial charge in [-0.3, -0.25) is 4.79 Å². The minimum atomic E-state index is -1.51. The van der Waals surface area contributed by atoms with E-state index in [4.69, 9.17) is 4.74 Å². The molecule has 3 nitrogen and oxygen atoms in total. The lowest BCUT2D eigenvalue weighted by Crippen LogP contribution is -2.12. The predicted octanol–water partition coefficient (Wildman–Crippen LogP) is 2.72. The molecule has 19 heavy (non-hydrogen) atoms. The highest BCUT2D eigenvalue weighted by Crippen LogP contribution is 2.44. The van der Waals surface area contributed by atoms with E-state index >= 15 is 0 Å². The number of benzene rings is 2. The highest BCUT2D eigenvalue weighted by atomic mass is 28.2. The molecular formula is C15H12O3Si. The SMILES string of the molecule is O=[SiH]C(=O)OCC1c2ccccc2-c2ccccc21. The second-order valence-electron chi connectivity index (χ2n) is 4.47. The van der Waals surface area contributed by atoms with Crippen molar-refractivity contribution in [2.75, 3.05) is 6.61 Å². The fraction of sp³-hybridized carbons (Fsp3) is 0.133. The van der Waals surface area contributed by atoms with Crippen molar-refractivity contribution < 1.29 is 14.0 Å². The largest absolute Gasteiger partial charge is 0.464 e. The fourth-order valence-electron chi connectivity index (χ4n) is 2.64. The van der Waals surface area contributed by atoms with E-state index in [0.29, 0.717) is 0 Å². The van der Waals surface area contributed by atoms with Crippen molar-refractivity contribution >= 4 is 15.0 Å². The molecule has 4 heteroatoms. The van der Waals surface area contributed by atoms with Crippen LogP contribution >= 0.6 is 0 Å². The molecule has 0 saturated heterocycles. The standard InChI is InChI=1S/C15H12O3Si/c16-15(19-17)18-9-14-12-7-3-1-5-10(12)11-6-2-4-8-13(11)14/h1-8,14,19H,9H2. The van der Waals surface area contributed by atoms with Gasteiger partial charge in [-0.1, -0.05) is 48.5 Å². The molecule has 0 saturated carbocycles. The number of carbonyl (C=O) groups is 1. The minimum Gasteiger partial charge on any atom is -0.464 e. The van der Waals surface area contributed by atoms with Gasteiger partial charge in [0.25, 0.3) is 0 Å². The average molecular weight is 268 g/mol. The number of hydrogen-bond acceptors (Lipinski definition) is 3. The van der Waals surface area contributed by atoms with Gasteiger partial charge in [-0.05, 0) is 22.3 Å². The number of fused-ring (bicyclic) bond motifs is 3. The van der Waals surface area contributed by atoms with E-state index in [0.717, 1.165) is 11.1 Å². The normalized spacial score (nSPS) is 12.6. The lowest BCUT2D eigenvalue weighted by atomic mass is 9.98. The summed E-state index contributed by atoms with van der Waals surface area (Å²) in [5.41, 5.74) is 4.10. The van der Waals surface area contributed by atoms with Crippen LogP contribution in [0.15, 0.2) is 48.5 Å². The third-order valence-corrected chi connectivity index (χ3v) is 3.81. The van der Waals surface area contributed by atoms with Crippen molar-refractivity contribution in [3.8, 4) is 11.1 Å². The van der Waals surface area contributed by atoms with Crippen LogP contribution in [0.25, 0.3) is 11.1 Å². The Morgan fingerprint density at radius 3 is 2.05 bits per heavy atom. The molecule has 2 aromatic carbocycles. The highest BCUT2D eigenvalue weighted by molar-refractivity contribution is 6.60. The Balaban J connectivity index is 2.00. The molecule has 0 amide bonds. The summed E-state index contributed by atoms with van der Waals surface area (Å²) in [6.45, 7) is 0.252. The molecule has 1 aliphatic carbocycles. The molecule has 0 unspecified atom stereocenters. The van der Waals surface area contributed by atoms with Crippen LogP contribution in [-0.4, -0.2) is 21.6 Å². The summed E-state index contributed by atoms with van der Waals surface area (Å²) in [6, 6.07) is 16.2. The zero-order chi connectivity index (χ0) is 13.2. The van der Waals surface area contributed by atoms with Gasteiger partial charge in [0.05, 0.1) is 0 Å². The summed E-state index contributed by atoms with van der Waals surface area (Å²) in [5.74, 6) is 0.0438. The molecule has 1 aliphatic rings. The molecule has 3 rings (SSSR count). The molecule has 2 aromatic rings. The summed E-state index contributed by atoms with van der Waals surface area (Å²) < 4.78 is 15.6. The maximum atomic E-state index is 11.1. The Morgan fingerprint density at radius 2 is 1.53 bits per heavy atom. The summed E-state index contributed by atoms with van der Waals surface area (Å²) >= 11 is 0. The van der Waals surface area contributed by atoms with Crippen LogP contribution < -0.4 is 0 Å². The number of ether oxygens (including phenoxy) is 1. The number of carbonyl (C=O) groups excluding carboxylic acids is 1. The topological polar surface area (TPSA) is 43.4 Å². The maximum absolute atomic E-state index is 11.1. The van der Waals surface area contributed by atoms with E-state index in [1.807, 2.05) is 24.3 Å². The van der Waals surface area contributed by atoms with Crippen molar-refractivity contribution in [2.24, 2.45) is 0 Å². The van der Waals surface area contributed by atoms with Gasteiger partial charge < -0.3 is 9.20 Å².